The number of ether oxygens (including phenoxy) is 1. The molecule has 0 aliphatic heterocycles. The molecule has 0 aliphatic rings. The Balaban J connectivity index is 1.43. The van der Waals surface area contributed by atoms with Crippen molar-refractivity contribution < 1.29 is 13.5 Å². The zero-order valence-electron chi connectivity index (χ0n) is 15.3. The van der Waals surface area contributed by atoms with Crippen LogP contribution in [0.4, 0.5) is 8.78 Å². The normalized spacial score (nSPS) is 11.3. The molecule has 8 nitrogen and oxygen atoms in total. The number of H-pyrrole nitrogens is 1. The molecule has 1 N–H and O–H groups in total. The van der Waals surface area contributed by atoms with Crippen LogP contribution in [0, 0.1) is 18.6 Å². The molecule has 4 heterocycles. The Hall–Kier alpha value is -3.38. The molecule has 0 unspecified atom stereocenters. The molecule has 5 aromatic rings. The number of thiazole rings is 2. The van der Waals surface area contributed by atoms with E-state index >= 15 is 0 Å². The van der Waals surface area contributed by atoms with Gasteiger partial charge in [0.05, 0.1) is 16.3 Å². The van der Waals surface area contributed by atoms with Crippen molar-refractivity contribution in [2.75, 3.05) is 0 Å². The molecule has 30 heavy (non-hydrogen) atoms. The minimum Gasteiger partial charge on any atom is -0.469 e. The van der Waals surface area contributed by atoms with Gasteiger partial charge in [0.1, 0.15) is 22.1 Å². The van der Waals surface area contributed by atoms with Crippen molar-refractivity contribution in [3.8, 4) is 27.0 Å². The summed E-state index contributed by atoms with van der Waals surface area (Å²) >= 11 is 2.75. The third kappa shape index (κ3) is 3.29. The average Bonchev–Trinajstić information content (AvgIpc) is 3.49. The fourth-order valence-corrected chi connectivity index (χ4v) is 4.78. The molecule has 0 fully saturated rings. The van der Waals surface area contributed by atoms with Gasteiger partial charge in [-0.2, -0.15) is 5.10 Å². The largest absolute Gasteiger partial charge is 0.469 e. The summed E-state index contributed by atoms with van der Waals surface area (Å²) in [6.45, 7) is 2.10. The van der Waals surface area contributed by atoms with Crippen molar-refractivity contribution >= 4 is 33.7 Å². The quantitative estimate of drug-likeness (QED) is 0.435. The van der Waals surface area contributed by atoms with Crippen molar-refractivity contribution in [1.82, 2.24) is 35.6 Å². The van der Waals surface area contributed by atoms with Gasteiger partial charge in [0.2, 0.25) is 5.88 Å². The highest BCUT2D eigenvalue weighted by Crippen LogP contribution is 2.36. The average molecular weight is 443 g/mol. The lowest BCUT2D eigenvalue weighted by Gasteiger charge is -2.01. The number of aryl methyl sites for hydroxylation is 1. The van der Waals surface area contributed by atoms with E-state index in [1.165, 1.54) is 22.7 Å². The van der Waals surface area contributed by atoms with Gasteiger partial charge >= 0.3 is 0 Å². The maximum absolute atomic E-state index is 14.8. The maximum atomic E-state index is 14.8. The predicted octanol–water partition coefficient (Wildman–Crippen LogP) is 4.16. The summed E-state index contributed by atoms with van der Waals surface area (Å²) in [7, 11) is 0. The standard InChI is InChI=1S/C18H11F2N7OS2/c1-8-17(30-13(22-8)6-28-12-3-2-4-21-24-12)18-23-11(7-29-18)9-5-10(19)15-16(14(9)20)26-27-25-15/h2-5,7H,6H2,1H3,(H,25,26,27). The van der Waals surface area contributed by atoms with Gasteiger partial charge < -0.3 is 4.74 Å². The van der Waals surface area contributed by atoms with E-state index in [9.17, 15) is 8.78 Å². The minimum absolute atomic E-state index is 0.0435. The summed E-state index contributed by atoms with van der Waals surface area (Å²) in [6, 6.07) is 4.52. The van der Waals surface area contributed by atoms with Gasteiger partial charge in [-0.15, -0.1) is 32.9 Å². The fraction of sp³-hybridized carbons (Fsp3) is 0.111. The van der Waals surface area contributed by atoms with Gasteiger partial charge in [-0.25, -0.2) is 18.7 Å². The third-order valence-electron chi connectivity index (χ3n) is 4.21. The van der Waals surface area contributed by atoms with E-state index in [1.807, 2.05) is 6.92 Å². The summed E-state index contributed by atoms with van der Waals surface area (Å²) in [6.07, 6.45) is 1.56. The molecule has 0 aliphatic carbocycles. The van der Waals surface area contributed by atoms with Crippen molar-refractivity contribution in [1.29, 1.82) is 0 Å². The van der Waals surface area contributed by atoms with Crippen LogP contribution in [-0.4, -0.2) is 35.6 Å². The van der Waals surface area contributed by atoms with Gasteiger partial charge in [-0.3, -0.25) is 5.10 Å². The Labute approximate surface area is 175 Å². The number of aromatic amines is 1. The van der Waals surface area contributed by atoms with Crippen LogP contribution in [0.15, 0.2) is 29.8 Å². The Morgan fingerprint density at radius 2 is 2.10 bits per heavy atom. The number of nitrogens with one attached hydrogen (secondary N) is 1. The van der Waals surface area contributed by atoms with Gasteiger partial charge in [0, 0.05) is 23.2 Å². The van der Waals surface area contributed by atoms with Crippen LogP contribution < -0.4 is 4.74 Å². The molecule has 4 aromatic heterocycles. The number of hydrogen-bond acceptors (Lipinski definition) is 9. The summed E-state index contributed by atoms with van der Waals surface area (Å²) in [4.78, 5) is 9.85. The van der Waals surface area contributed by atoms with Gasteiger partial charge in [-0.05, 0) is 19.1 Å². The second-order valence-corrected chi connectivity index (χ2v) is 8.11. The second kappa shape index (κ2) is 7.46. The number of halogens is 2. The molecule has 0 atom stereocenters. The number of aromatic nitrogens is 7. The Morgan fingerprint density at radius 3 is 2.93 bits per heavy atom. The summed E-state index contributed by atoms with van der Waals surface area (Å²) in [5.41, 5.74) is 0.920. The minimum atomic E-state index is -0.665. The first-order valence-corrected chi connectivity index (χ1v) is 10.3. The highest BCUT2D eigenvalue weighted by molar-refractivity contribution is 7.21. The molecular weight excluding hydrogens is 432 g/mol. The van der Waals surface area contributed by atoms with E-state index in [0.29, 0.717) is 16.6 Å². The third-order valence-corrected chi connectivity index (χ3v) is 6.34. The molecule has 12 heteroatoms. The number of rotatable bonds is 5. The summed E-state index contributed by atoms with van der Waals surface area (Å²) in [5, 5.41) is 20.1. The SMILES string of the molecule is Cc1nc(COc2cccnn2)sc1-c1nc(-c2cc(F)c3nn[nH]c3c2F)cs1. The zero-order valence-corrected chi connectivity index (χ0v) is 16.9. The summed E-state index contributed by atoms with van der Waals surface area (Å²) in [5.74, 6) is -0.904. The fourth-order valence-electron chi connectivity index (χ4n) is 2.84. The maximum Gasteiger partial charge on any atom is 0.233 e. The van der Waals surface area contributed by atoms with Crippen LogP contribution >= 0.6 is 22.7 Å². The smallest absolute Gasteiger partial charge is 0.233 e. The molecule has 5 rings (SSSR count). The predicted molar refractivity (Wildman–Crippen MR) is 107 cm³/mol. The topological polar surface area (TPSA) is 102 Å². The molecule has 0 spiro atoms. The lowest BCUT2D eigenvalue weighted by molar-refractivity contribution is 0.289. The molecule has 0 bridgehead atoms. The first kappa shape index (κ1) is 18.6. The monoisotopic (exact) mass is 443 g/mol. The van der Waals surface area contributed by atoms with E-state index in [-0.39, 0.29) is 23.2 Å². The van der Waals surface area contributed by atoms with Crippen molar-refractivity contribution in [2.45, 2.75) is 13.5 Å². The molecule has 1 aromatic carbocycles. The van der Waals surface area contributed by atoms with E-state index < -0.39 is 11.6 Å². The van der Waals surface area contributed by atoms with E-state index in [2.05, 4.69) is 35.6 Å². The Bertz CT molecular complexity index is 1350. The summed E-state index contributed by atoms with van der Waals surface area (Å²) < 4.78 is 34.6. The molecule has 0 radical (unpaired) electrons. The number of hydrogen-bond donors (Lipinski definition) is 1. The van der Waals surface area contributed by atoms with Crippen LogP contribution in [0.1, 0.15) is 10.7 Å². The molecule has 150 valence electrons. The van der Waals surface area contributed by atoms with Crippen LogP contribution in [-0.2, 0) is 6.61 Å². The van der Waals surface area contributed by atoms with Crippen molar-refractivity contribution in [3.63, 3.8) is 0 Å². The van der Waals surface area contributed by atoms with Crippen LogP contribution in [0.2, 0.25) is 0 Å². The van der Waals surface area contributed by atoms with E-state index in [0.717, 1.165) is 21.6 Å². The first-order chi connectivity index (χ1) is 14.6. The molecule has 0 saturated heterocycles. The van der Waals surface area contributed by atoms with Crippen molar-refractivity contribution in [3.05, 3.63) is 52.1 Å². The van der Waals surface area contributed by atoms with E-state index in [1.54, 1.807) is 23.7 Å². The van der Waals surface area contributed by atoms with Gasteiger partial charge in [-0.1, -0.05) is 5.21 Å². The van der Waals surface area contributed by atoms with Crippen molar-refractivity contribution in [2.24, 2.45) is 0 Å². The number of fused-ring (bicyclic) bond motifs is 1. The number of benzene rings is 1. The van der Waals surface area contributed by atoms with Crippen LogP contribution in [0.25, 0.3) is 32.2 Å². The zero-order chi connectivity index (χ0) is 20.7. The molecular formula is C18H11F2N7OS2. The molecule has 0 saturated carbocycles. The second-order valence-electron chi connectivity index (χ2n) is 6.17. The Kier molecular flexibility index (Phi) is 4.64. The van der Waals surface area contributed by atoms with Crippen LogP contribution in [0.5, 0.6) is 5.88 Å². The van der Waals surface area contributed by atoms with E-state index in [4.69, 9.17) is 4.74 Å². The van der Waals surface area contributed by atoms with Crippen LogP contribution in [0.3, 0.4) is 0 Å². The number of nitrogens with zero attached hydrogens (tertiary/aromatic N) is 6. The highest BCUT2D eigenvalue weighted by atomic mass is 32.1. The lowest BCUT2D eigenvalue weighted by Crippen LogP contribution is -1.97. The lowest BCUT2D eigenvalue weighted by atomic mass is 10.1. The first-order valence-electron chi connectivity index (χ1n) is 8.62. The van der Waals surface area contributed by atoms with Gasteiger partial charge in [0.15, 0.2) is 17.2 Å². The molecule has 0 amide bonds. The van der Waals surface area contributed by atoms with Gasteiger partial charge in [0.25, 0.3) is 0 Å². The highest BCUT2D eigenvalue weighted by Gasteiger charge is 2.20. The Morgan fingerprint density at radius 1 is 1.20 bits per heavy atom.